The lowest BCUT2D eigenvalue weighted by molar-refractivity contribution is -0.144. The van der Waals surface area contributed by atoms with Crippen molar-refractivity contribution in [1.82, 2.24) is 9.80 Å². The summed E-state index contributed by atoms with van der Waals surface area (Å²) in [6, 6.07) is 16.0. The van der Waals surface area contributed by atoms with Gasteiger partial charge < -0.3 is 24.6 Å². The first-order valence-electron chi connectivity index (χ1n) is 15.8. The standard InChI is InChI=1S/C36H45ClN2O5/c1-24-28(23-44-34-15-14-27(25(2)35(34)37)21-39-18-5-4-12-32(39)36(41)42)9-6-10-30(24)31-11-7-13-33(26(31)3)43-20-8-17-38-19-16-29(40)22-38/h6-7,9-11,13-15,29,32,40H,4-5,8,12,16-23H2,1-3H3,(H,41,42)/t29-,32+/m1/s1. The SMILES string of the molecule is Cc1c(COc2ccc(CN3CCCC[C@H]3C(=O)O)c(C)c2Cl)cccc1-c1cccc(OCCCN2CC[C@@H](O)C2)c1C. The van der Waals surface area contributed by atoms with Crippen molar-refractivity contribution in [3.63, 3.8) is 0 Å². The maximum atomic E-state index is 11.8. The number of carboxylic acids is 1. The summed E-state index contributed by atoms with van der Waals surface area (Å²) in [5.41, 5.74) is 7.58. The lowest BCUT2D eigenvalue weighted by Gasteiger charge is -2.33. The lowest BCUT2D eigenvalue weighted by atomic mass is 9.93. The highest BCUT2D eigenvalue weighted by molar-refractivity contribution is 6.32. The van der Waals surface area contributed by atoms with E-state index in [2.05, 4.69) is 43.0 Å². The molecule has 0 aliphatic carbocycles. The van der Waals surface area contributed by atoms with Crippen molar-refractivity contribution in [2.75, 3.05) is 32.8 Å². The average Bonchev–Trinajstić information content (AvgIpc) is 3.43. The van der Waals surface area contributed by atoms with Gasteiger partial charge in [-0.15, -0.1) is 0 Å². The predicted octanol–water partition coefficient (Wildman–Crippen LogP) is 6.79. The van der Waals surface area contributed by atoms with E-state index in [1.54, 1.807) is 0 Å². The number of carbonyl (C=O) groups is 1. The van der Waals surface area contributed by atoms with Crippen molar-refractivity contribution in [2.24, 2.45) is 0 Å². The molecule has 0 spiro atoms. The van der Waals surface area contributed by atoms with E-state index in [0.717, 1.165) is 96.6 Å². The summed E-state index contributed by atoms with van der Waals surface area (Å²) in [5, 5.41) is 20.0. The number of nitrogens with zero attached hydrogens (tertiary/aromatic N) is 2. The van der Waals surface area contributed by atoms with Gasteiger partial charge in [-0.25, -0.2) is 0 Å². The van der Waals surface area contributed by atoms with Crippen LogP contribution in [-0.4, -0.2) is 70.9 Å². The van der Waals surface area contributed by atoms with Gasteiger partial charge in [0.1, 0.15) is 24.1 Å². The van der Waals surface area contributed by atoms with E-state index in [4.69, 9.17) is 21.1 Å². The fourth-order valence-corrected chi connectivity index (χ4v) is 6.74. The Balaban J connectivity index is 1.23. The van der Waals surface area contributed by atoms with E-state index in [1.807, 2.05) is 36.1 Å². The molecule has 0 aromatic heterocycles. The number of halogens is 1. The molecule has 2 atom stereocenters. The molecule has 236 valence electrons. The molecule has 2 N–H and O–H groups in total. The molecule has 0 unspecified atom stereocenters. The van der Waals surface area contributed by atoms with Crippen LogP contribution in [0, 0.1) is 20.8 Å². The van der Waals surface area contributed by atoms with E-state index < -0.39 is 12.0 Å². The third-order valence-electron chi connectivity index (χ3n) is 9.26. The molecule has 2 saturated heterocycles. The lowest BCUT2D eigenvalue weighted by Crippen LogP contribution is -2.44. The second-order valence-electron chi connectivity index (χ2n) is 12.2. The number of aliphatic carboxylic acids is 1. The summed E-state index contributed by atoms with van der Waals surface area (Å²) in [6.45, 7) is 11.2. The van der Waals surface area contributed by atoms with Crippen LogP contribution < -0.4 is 9.47 Å². The third-order valence-corrected chi connectivity index (χ3v) is 9.73. The number of aliphatic hydroxyl groups is 1. The van der Waals surface area contributed by atoms with Crippen LogP contribution in [0.3, 0.4) is 0 Å². The van der Waals surface area contributed by atoms with E-state index in [-0.39, 0.29) is 6.10 Å². The van der Waals surface area contributed by atoms with E-state index in [1.165, 1.54) is 0 Å². The van der Waals surface area contributed by atoms with Crippen LogP contribution in [0.4, 0.5) is 0 Å². The van der Waals surface area contributed by atoms with Crippen LogP contribution in [0.1, 0.15) is 59.9 Å². The molecule has 0 saturated carbocycles. The molecule has 0 radical (unpaired) electrons. The van der Waals surface area contributed by atoms with Crippen molar-refractivity contribution < 1.29 is 24.5 Å². The summed E-state index contributed by atoms with van der Waals surface area (Å²) in [5.74, 6) is 0.767. The number of carboxylic acid groups (broad SMARTS) is 1. The Kier molecular flexibility index (Phi) is 10.9. The Morgan fingerprint density at radius 2 is 1.66 bits per heavy atom. The average molecular weight is 621 g/mol. The van der Waals surface area contributed by atoms with E-state index in [9.17, 15) is 15.0 Å². The fourth-order valence-electron chi connectivity index (χ4n) is 6.50. The first kappa shape index (κ1) is 32.3. The van der Waals surface area contributed by atoms with Gasteiger partial charge in [0.2, 0.25) is 0 Å². The van der Waals surface area contributed by atoms with Crippen molar-refractivity contribution in [3.8, 4) is 22.6 Å². The predicted molar refractivity (Wildman–Crippen MR) is 175 cm³/mol. The number of aliphatic hydroxyl groups excluding tert-OH is 1. The molecule has 5 rings (SSSR count). The van der Waals surface area contributed by atoms with Gasteiger partial charge in [-0.1, -0.05) is 54.4 Å². The van der Waals surface area contributed by atoms with E-state index >= 15 is 0 Å². The molecular formula is C36H45ClN2O5. The molecule has 2 aliphatic heterocycles. The van der Waals surface area contributed by atoms with Gasteiger partial charge in [-0.05, 0) is 104 Å². The number of rotatable bonds is 12. The minimum Gasteiger partial charge on any atom is -0.493 e. The second-order valence-corrected chi connectivity index (χ2v) is 12.6. The minimum absolute atomic E-state index is 0.189. The van der Waals surface area contributed by atoms with Crippen molar-refractivity contribution in [2.45, 2.75) is 78.2 Å². The Morgan fingerprint density at radius 1 is 0.886 bits per heavy atom. The Morgan fingerprint density at radius 3 is 2.41 bits per heavy atom. The van der Waals surface area contributed by atoms with Crippen molar-refractivity contribution >= 4 is 17.6 Å². The Hall–Kier alpha value is -3.10. The number of likely N-dealkylation sites (tertiary alicyclic amines) is 2. The van der Waals surface area contributed by atoms with Gasteiger partial charge in [0.05, 0.1) is 17.7 Å². The largest absolute Gasteiger partial charge is 0.493 e. The van der Waals surface area contributed by atoms with Crippen LogP contribution in [0.5, 0.6) is 11.5 Å². The van der Waals surface area contributed by atoms with Gasteiger partial charge in [0.15, 0.2) is 0 Å². The number of benzene rings is 3. The topological polar surface area (TPSA) is 82.5 Å². The highest BCUT2D eigenvalue weighted by Gasteiger charge is 2.29. The van der Waals surface area contributed by atoms with Gasteiger partial charge >= 0.3 is 5.97 Å². The molecule has 7 nitrogen and oxygen atoms in total. The summed E-state index contributed by atoms with van der Waals surface area (Å²) in [7, 11) is 0. The molecule has 8 heteroatoms. The number of hydrogen-bond donors (Lipinski definition) is 2. The monoisotopic (exact) mass is 620 g/mol. The number of ether oxygens (including phenoxy) is 2. The number of piperidine rings is 1. The summed E-state index contributed by atoms with van der Waals surface area (Å²) in [4.78, 5) is 16.1. The zero-order valence-electron chi connectivity index (χ0n) is 26.2. The summed E-state index contributed by atoms with van der Waals surface area (Å²) in [6.07, 6.45) is 4.24. The maximum Gasteiger partial charge on any atom is 0.320 e. The van der Waals surface area contributed by atoms with Crippen LogP contribution in [-0.2, 0) is 17.9 Å². The normalized spacial score (nSPS) is 19.3. The highest BCUT2D eigenvalue weighted by atomic mass is 35.5. The van der Waals surface area contributed by atoms with Crippen LogP contribution >= 0.6 is 11.6 Å². The Bertz CT molecular complexity index is 1460. The summed E-state index contributed by atoms with van der Waals surface area (Å²) >= 11 is 6.79. The maximum absolute atomic E-state index is 11.8. The zero-order valence-corrected chi connectivity index (χ0v) is 26.9. The molecule has 2 aliphatic rings. The second kappa shape index (κ2) is 14.8. The highest BCUT2D eigenvalue weighted by Crippen LogP contribution is 2.35. The van der Waals surface area contributed by atoms with Crippen LogP contribution in [0.25, 0.3) is 11.1 Å². The van der Waals surface area contributed by atoms with E-state index in [0.29, 0.717) is 37.0 Å². The van der Waals surface area contributed by atoms with Gasteiger partial charge in [-0.2, -0.15) is 0 Å². The first-order chi connectivity index (χ1) is 21.2. The molecular weight excluding hydrogens is 576 g/mol. The zero-order chi connectivity index (χ0) is 31.2. The first-order valence-corrected chi connectivity index (χ1v) is 16.2. The molecule has 2 fully saturated rings. The van der Waals surface area contributed by atoms with Crippen molar-refractivity contribution in [1.29, 1.82) is 0 Å². The quantitative estimate of drug-likeness (QED) is 0.216. The molecule has 44 heavy (non-hydrogen) atoms. The van der Waals surface area contributed by atoms with Gasteiger partial charge in [0.25, 0.3) is 0 Å². The van der Waals surface area contributed by atoms with Gasteiger partial charge in [0, 0.05) is 26.2 Å². The molecule has 2 heterocycles. The van der Waals surface area contributed by atoms with Crippen LogP contribution in [0.2, 0.25) is 5.02 Å². The Labute approximate surface area is 266 Å². The van der Waals surface area contributed by atoms with Crippen molar-refractivity contribution in [3.05, 3.63) is 81.4 Å². The van der Waals surface area contributed by atoms with Crippen LogP contribution in [0.15, 0.2) is 48.5 Å². The smallest absolute Gasteiger partial charge is 0.320 e. The van der Waals surface area contributed by atoms with Gasteiger partial charge in [-0.3, -0.25) is 9.69 Å². The third kappa shape index (κ3) is 7.57. The molecule has 0 amide bonds. The number of hydrogen-bond acceptors (Lipinski definition) is 6. The minimum atomic E-state index is -0.754. The number of β-amino-alcohol motifs (C(OH)–C–C–N with tert-alkyl or cyclic N) is 1. The fraction of sp³-hybridized carbons (Fsp3) is 0.472. The molecule has 0 bridgehead atoms. The molecule has 3 aromatic carbocycles. The molecule has 3 aromatic rings. The summed E-state index contributed by atoms with van der Waals surface area (Å²) < 4.78 is 12.5.